The van der Waals surface area contributed by atoms with Crippen molar-refractivity contribution >= 4 is 143 Å². The molecule has 3 aliphatic carbocycles. The van der Waals surface area contributed by atoms with Crippen LogP contribution < -0.4 is 15.0 Å². The van der Waals surface area contributed by atoms with Gasteiger partial charge < -0.3 is 19.7 Å². The average Bonchev–Trinajstić information content (AvgIpc) is 1.80. The molecule has 3 saturated carbocycles. The van der Waals surface area contributed by atoms with Gasteiger partial charge in [0.15, 0.2) is 5.82 Å². The van der Waals surface area contributed by atoms with E-state index in [1.807, 2.05) is 87.5 Å². The van der Waals surface area contributed by atoms with Crippen LogP contribution in [0.2, 0.25) is 51.4 Å². The Hall–Kier alpha value is -5.83. The highest BCUT2D eigenvalue weighted by atomic mass is 79.9. The lowest BCUT2D eigenvalue weighted by molar-refractivity contribution is 0.0757. The first kappa shape index (κ1) is 69.1. The Balaban J connectivity index is 0.000000137. The van der Waals surface area contributed by atoms with Crippen LogP contribution in [0.3, 0.4) is 0 Å². The summed E-state index contributed by atoms with van der Waals surface area (Å²) in [7, 11) is -2.25. The van der Waals surface area contributed by atoms with Crippen molar-refractivity contribution in [2.24, 2.45) is 4.99 Å². The second-order valence-corrected chi connectivity index (χ2v) is 43.7. The zero-order valence-corrected chi connectivity index (χ0v) is 62.8. The lowest BCUT2D eigenvalue weighted by Crippen LogP contribution is -2.26. The molecule has 0 amide bonds. The van der Waals surface area contributed by atoms with Gasteiger partial charge in [0, 0.05) is 118 Å². The number of nitrogens with zero attached hydrogens (tertiary/aromatic N) is 17. The summed E-state index contributed by atoms with van der Waals surface area (Å²) in [6, 6.07) is 20.0. The van der Waals surface area contributed by atoms with E-state index in [-0.39, 0.29) is 0 Å². The molecule has 1 atom stereocenters. The number of likely N-dealkylation sites (tertiary alicyclic amines) is 1. The van der Waals surface area contributed by atoms with Gasteiger partial charge in [-0.3, -0.25) is 24.5 Å². The minimum absolute atomic E-state index is 0.420. The standard InChI is InChI=1S/C25H29FN8S.2C21H28BrN5OSSi/c26-20-8-11-33(16-20)9-3-10-34-15-19(14-28-34)18-12-22-21(27-13-18)6-7-23(29-22)30-25-32-31-24(35-25)17-4-1-2-5-17;1-30(2,3)11-10-28-14-27(21-26-25-20(29-21)15-6-4-5-7-15)19-9-8-17-18(24-19)12-16(22)13-23-17;1-30(2,3)11-10-28-14-27-21(29-20(26-27)15-6-4-5-7-15)25-19-9-8-17-18(24-19)12-16(22)13-23-17/h6-7,12-15,17,20H,1-5,8-11,16H2,(H,29,30,32);2*8-9,12-13,15H,4-7,10-11,14H2,1-3H3/t20-;;/m1../s1. The summed E-state index contributed by atoms with van der Waals surface area (Å²) in [6.45, 7) is 19.7. The van der Waals surface area contributed by atoms with Gasteiger partial charge in [0.05, 0.1) is 39.3 Å². The Kier molecular flexibility index (Phi) is 23.4. The highest BCUT2D eigenvalue weighted by Gasteiger charge is 2.27. The number of rotatable bonds is 23. The van der Waals surface area contributed by atoms with Crippen LogP contribution in [0.1, 0.15) is 123 Å². The number of hydrogen-bond acceptors (Lipinski definition) is 21. The summed E-state index contributed by atoms with van der Waals surface area (Å²) < 4.78 is 31.1. The number of hydrogen-bond donors (Lipinski definition) is 1. The normalized spacial score (nSPS) is 16.9. The number of nitrogens with one attached hydrogen (secondary N) is 1. The van der Waals surface area contributed by atoms with Gasteiger partial charge in [-0.05, 0) is 150 Å². The summed E-state index contributed by atoms with van der Waals surface area (Å²) in [6.07, 6.45) is 25.3. The molecule has 0 spiro atoms. The molecule has 0 unspecified atom stereocenters. The molecule has 0 aromatic carbocycles. The van der Waals surface area contributed by atoms with Crippen molar-refractivity contribution in [3.8, 4) is 11.1 Å². The molecule has 4 aliphatic rings. The van der Waals surface area contributed by atoms with E-state index in [0.717, 1.165) is 141 Å². The smallest absolute Gasteiger partial charge is 0.215 e. The molecule has 11 heterocycles. The molecule has 0 radical (unpaired) electrons. The first-order valence-corrected chi connectivity index (χ1v) is 44.9. The zero-order chi connectivity index (χ0) is 65.9. The number of fused-ring (bicyclic) bond motifs is 3. The van der Waals surface area contributed by atoms with E-state index in [1.54, 1.807) is 46.4 Å². The molecule has 4 fully saturated rings. The second kappa shape index (κ2) is 32.2. The van der Waals surface area contributed by atoms with Crippen molar-refractivity contribution in [3.05, 3.63) is 114 Å². The second-order valence-electron chi connectivity index (χ2n) is 27.6. The van der Waals surface area contributed by atoms with E-state index < -0.39 is 22.3 Å². The third-order valence-electron chi connectivity index (χ3n) is 17.6. The van der Waals surface area contributed by atoms with Crippen molar-refractivity contribution in [2.75, 3.05) is 49.8 Å². The van der Waals surface area contributed by atoms with Gasteiger partial charge in [-0.25, -0.2) is 24.0 Å². The fourth-order valence-corrected chi connectivity index (χ4v) is 17.2. The van der Waals surface area contributed by atoms with Gasteiger partial charge in [-0.2, -0.15) is 15.2 Å². The molecule has 1 N–H and O–H groups in total. The topological polar surface area (TPSA) is 214 Å². The van der Waals surface area contributed by atoms with E-state index in [9.17, 15) is 4.39 Å². The molecular weight excluding hydrogens is 1420 g/mol. The minimum atomic E-state index is -1.14. The van der Waals surface area contributed by atoms with Gasteiger partial charge >= 0.3 is 0 Å². The fourth-order valence-electron chi connectivity index (χ4n) is 12.1. The van der Waals surface area contributed by atoms with Gasteiger partial charge in [0.25, 0.3) is 0 Å². The molecular formula is C67H85Br2FN18O2S3Si2. The van der Waals surface area contributed by atoms with E-state index >= 15 is 0 Å². The third-order valence-corrected chi connectivity index (χ3v) is 25.1. The van der Waals surface area contributed by atoms with Crippen LogP contribution in [-0.2, 0) is 22.7 Å². The Bertz CT molecular complexity index is 4240. The maximum absolute atomic E-state index is 13.3. The molecule has 10 aromatic rings. The molecule has 1 saturated heterocycles. The molecule has 1 aliphatic heterocycles. The third kappa shape index (κ3) is 19.5. The minimum Gasteiger partial charge on any atom is -0.361 e. The van der Waals surface area contributed by atoms with Crippen LogP contribution in [0.4, 0.5) is 32.1 Å². The molecule has 28 heteroatoms. The molecule has 20 nitrogen and oxygen atoms in total. The zero-order valence-electron chi connectivity index (χ0n) is 55.1. The van der Waals surface area contributed by atoms with Gasteiger partial charge in [-0.1, -0.05) is 112 Å². The lowest BCUT2D eigenvalue weighted by atomic mass is 10.1. The molecule has 95 heavy (non-hydrogen) atoms. The summed E-state index contributed by atoms with van der Waals surface area (Å²) in [5.74, 6) is 3.87. The van der Waals surface area contributed by atoms with E-state index in [4.69, 9.17) is 29.5 Å². The molecule has 0 bridgehead atoms. The van der Waals surface area contributed by atoms with Crippen LogP contribution >= 0.6 is 65.9 Å². The number of anilines is 4. The maximum Gasteiger partial charge on any atom is 0.215 e. The molecule has 502 valence electrons. The van der Waals surface area contributed by atoms with E-state index in [1.165, 1.54) is 82.1 Å². The SMILES string of the molecule is C[Si](C)(C)CCOCN(c1ccc2ncc(Br)cc2n1)c1nnc(C2CCCC2)s1.C[Si](C)(C)CCOCn1nc(C2CCCC2)sc1=Nc1ccc2ncc(Br)cc2n1.F[C@@H]1CCN(CCCn2cc(-c3cnc4ccc(Nc5nnc(C6CCCC6)s5)nc4c3)cn2)C1. The van der Waals surface area contributed by atoms with Crippen molar-refractivity contribution in [2.45, 2.75) is 178 Å². The summed E-state index contributed by atoms with van der Waals surface area (Å²) in [5, 5.41) is 35.5. The number of pyridine rings is 6. The number of aryl methyl sites for hydroxylation is 1. The highest BCUT2D eigenvalue weighted by molar-refractivity contribution is 9.10. The Morgan fingerprint density at radius 2 is 1.23 bits per heavy atom. The molecule has 14 rings (SSSR count). The van der Waals surface area contributed by atoms with Crippen molar-refractivity contribution in [3.63, 3.8) is 0 Å². The predicted molar refractivity (Wildman–Crippen MR) is 393 cm³/mol. The van der Waals surface area contributed by atoms with Gasteiger partial charge in [0.2, 0.25) is 15.1 Å². The number of aromatic nitrogens is 14. The Labute approximate surface area is 585 Å². The largest absolute Gasteiger partial charge is 0.361 e. The highest BCUT2D eigenvalue weighted by Crippen LogP contribution is 2.40. The van der Waals surface area contributed by atoms with Gasteiger partial charge in [0.1, 0.15) is 46.3 Å². The fraction of sp³-hybridized carbons (Fsp3) is 0.507. The van der Waals surface area contributed by atoms with Crippen molar-refractivity contribution in [1.29, 1.82) is 0 Å². The van der Waals surface area contributed by atoms with Crippen molar-refractivity contribution < 1.29 is 13.9 Å². The quantitative estimate of drug-likeness (QED) is 0.0358. The van der Waals surface area contributed by atoms with Crippen LogP contribution in [0.5, 0.6) is 0 Å². The van der Waals surface area contributed by atoms with Crippen LogP contribution in [-0.4, -0.2) is 137 Å². The van der Waals surface area contributed by atoms with Crippen LogP contribution in [0.15, 0.2) is 99.5 Å². The summed E-state index contributed by atoms with van der Waals surface area (Å²) in [4.78, 5) is 37.6. The summed E-state index contributed by atoms with van der Waals surface area (Å²) in [5.41, 5.74) is 7.03. The average molecular weight is 1510 g/mol. The van der Waals surface area contributed by atoms with Crippen LogP contribution in [0.25, 0.3) is 44.2 Å². The maximum atomic E-state index is 13.3. The van der Waals surface area contributed by atoms with E-state index in [2.05, 4.69) is 127 Å². The van der Waals surface area contributed by atoms with Crippen LogP contribution in [0, 0.1) is 0 Å². The first-order chi connectivity index (χ1) is 46.0. The Morgan fingerprint density at radius 1 is 0.621 bits per heavy atom. The van der Waals surface area contributed by atoms with Crippen molar-refractivity contribution in [1.82, 2.24) is 74.8 Å². The monoisotopic (exact) mass is 1500 g/mol. The number of ether oxygens (including phenoxy) is 2. The lowest BCUT2D eigenvalue weighted by Gasteiger charge is -2.22. The Morgan fingerprint density at radius 3 is 1.91 bits per heavy atom. The predicted octanol–water partition coefficient (Wildman–Crippen LogP) is 17.4. The summed E-state index contributed by atoms with van der Waals surface area (Å²) >= 11 is 11.9. The number of halogens is 3. The van der Waals surface area contributed by atoms with E-state index in [0.29, 0.717) is 50.0 Å². The molecule has 10 aromatic heterocycles. The number of alkyl halides is 1. The van der Waals surface area contributed by atoms with Gasteiger partial charge in [-0.15, -0.1) is 20.4 Å². The first-order valence-electron chi connectivity index (χ1n) is 33.5.